The summed E-state index contributed by atoms with van der Waals surface area (Å²) in [7, 11) is 0. The van der Waals surface area contributed by atoms with Gasteiger partial charge < -0.3 is 20.2 Å². The number of carbonyl (C=O) groups excluding carboxylic acids is 1. The van der Waals surface area contributed by atoms with Gasteiger partial charge in [0.1, 0.15) is 5.76 Å². The molecule has 1 aromatic rings. The number of carboxylic acid groups (broad SMARTS) is 1. The molecule has 6 nitrogen and oxygen atoms in total. The monoisotopic (exact) mass is 266 g/mol. The number of rotatable bonds is 6. The number of furan rings is 1. The second-order valence-corrected chi connectivity index (χ2v) is 4.32. The van der Waals surface area contributed by atoms with Crippen molar-refractivity contribution in [2.24, 2.45) is 0 Å². The zero-order valence-electron chi connectivity index (χ0n) is 11.0. The van der Waals surface area contributed by atoms with Crippen molar-refractivity contribution in [3.05, 3.63) is 36.3 Å². The lowest BCUT2D eigenvalue weighted by Gasteiger charge is -2.24. The number of hydrogen-bond acceptors (Lipinski definition) is 3. The molecule has 3 N–H and O–H groups in total. The summed E-state index contributed by atoms with van der Waals surface area (Å²) in [6.45, 7) is 7.34. The smallest absolute Gasteiger partial charge is 0.337 e. The minimum atomic E-state index is -1.61. The van der Waals surface area contributed by atoms with Crippen LogP contribution < -0.4 is 10.6 Å². The van der Waals surface area contributed by atoms with Crippen LogP contribution in [0.3, 0.4) is 0 Å². The number of hydrogen-bond donors (Lipinski definition) is 3. The Hall–Kier alpha value is -2.24. The molecule has 0 aromatic carbocycles. The van der Waals surface area contributed by atoms with E-state index < -0.39 is 17.5 Å². The van der Waals surface area contributed by atoms with Gasteiger partial charge in [0.25, 0.3) is 0 Å². The third-order valence-electron chi connectivity index (χ3n) is 2.80. The maximum atomic E-state index is 11.7. The van der Waals surface area contributed by atoms with Gasteiger partial charge >= 0.3 is 12.0 Å². The van der Waals surface area contributed by atoms with Crippen LogP contribution in [0.15, 0.2) is 35.0 Å². The van der Waals surface area contributed by atoms with Crippen LogP contribution in [-0.2, 0) is 10.3 Å². The van der Waals surface area contributed by atoms with Crippen LogP contribution in [0.4, 0.5) is 4.79 Å². The Labute approximate surface area is 111 Å². The van der Waals surface area contributed by atoms with Crippen molar-refractivity contribution in [3.63, 3.8) is 0 Å². The SMILES string of the molecule is C=C(CC)CNC(=O)NC(C)(C(=O)O)c1ccco1. The maximum Gasteiger partial charge on any atom is 0.337 e. The molecule has 0 saturated carbocycles. The first kappa shape index (κ1) is 14.8. The van der Waals surface area contributed by atoms with E-state index in [9.17, 15) is 14.7 Å². The number of nitrogens with one attached hydrogen (secondary N) is 2. The molecule has 6 heteroatoms. The number of aliphatic carboxylic acids is 1. The number of carboxylic acids is 1. The van der Waals surface area contributed by atoms with Gasteiger partial charge in [0, 0.05) is 6.54 Å². The van der Waals surface area contributed by atoms with Crippen LogP contribution >= 0.6 is 0 Å². The molecule has 0 spiro atoms. The normalized spacial score (nSPS) is 13.4. The molecule has 0 aliphatic rings. The van der Waals surface area contributed by atoms with E-state index in [0.29, 0.717) is 6.54 Å². The highest BCUT2D eigenvalue weighted by Gasteiger charge is 2.39. The Morgan fingerprint density at radius 2 is 2.21 bits per heavy atom. The highest BCUT2D eigenvalue weighted by molar-refractivity contribution is 5.86. The third kappa shape index (κ3) is 3.61. The average molecular weight is 266 g/mol. The van der Waals surface area contributed by atoms with Crippen LogP contribution in [0.5, 0.6) is 0 Å². The standard InChI is InChI=1S/C13H18N2O4/c1-4-9(2)8-14-12(18)15-13(3,11(16)17)10-6-5-7-19-10/h5-7H,2,4,8H2,1,3H3,(H,16,17)(H2,14,15,18). The van der Waals surface area contributed by atoms with Gasteiger partial charge in [0.05, 0.1) is 6.26 Å². The summed E-state index contributed by atoms with van der Waals surface area (Å²) in [5.41, 5.74) is -0.758. The van der Waals surface area contributed by atoms with Gasteiger partial charge in [-0.2, -0.15) is 0 Å². The predicted octanol–water partition coefficient (Wildman–Crippen LogP) is 1.84. The molecule has 1 rings (SSSR count). The fraction of sp³-hybridized carbons (Fsp3) is 0.385. The van der Waals surface area contributed by atoms with Crippen molar-refractivity contribution in [3.8, 4) is 0 Å². The second kappa shape index (κ2) is 6.08. The summed E-state index contributed by atoms with van der Waals surface area (Å²) in [4.78, 5) is 23.0. The van der Waals surface area contributed by atoms with Crippen molar-refractivity contribution in [1.82, 2.24) is 10.6 Å². The van der Waals surface area contributed by atoms with E-state index >= 15 is 0 Å². The topological polar surface area (TPSA) is 91.6 Å². The Morgan fingerprint density at radius 3 is 2.68 bits per heavy atom. The second-order valence-electron chi connectivity index (χ2n) is 4.32. The molecule has 0 saturated heterocycles. The lowest BCUT2D eigenvalue weighted by Crippen LogP contribution is -2.53. The van der Waals surface area contributed by atoms with Crippen molar-refractivity contribution in [2.75, 3.05) is 6.54 Å². The van der Waals surface area contributed by atoms with Crippen LogP contribution in [-0.4, -0.2) is 23.7 Å². The Kier molecular flexibility index (Phi) is 4.74. The van der Waals surface area contributed by atoms with E-state index in [2.05, 4.69) is 17.2 Å². The molecule has 104 valence electrons. The average Bonchev–Trinajstić information content (AvgIpc) is 2.89. The maximum absolute atomic E-state index is 11.7. The van der Waals surface area contributed by atoms with Gasteiger partial charge in [-0.15, -0.1) is 0 Å². The molecule has 0 bridgehead atoms. The quantitative estimate of drug-likeness (QED) is 0.685. The summed E-state index contributed by atoms with van der Waals surface area (Å²) in [5, 5.41) is 14.2. The summed E-state index contributed by atoms with van der Waals surface area (Å²) in [6, 6.07) is 2.48. The molecule has 0 aliphatic heterocycles. The lowest BCUT2D eigenvalue weighted by molar-refractivity contribution is -0.144. The predicted molar refractivity (Wildman–Crippen MR) is 69.7 cm³/mol. The zero-order valence-corrected chi connectivity index (χ0v) is 11.0. The van der Waals surface area contributed by atoms with E-state index in [-0.39, 0.29) is 5.76 Å². The van der Waals surface area contributed by atoms with Crippen molar-refractivity contribution in [1.29, 1.82) is 0 Å². The van der Waals surface area contributed by atoms with Crippen LogP contribution in [0.25, 0.3) is 0 Å². The molecule has 2 amide bonds. The highest BCUT2D eigenvalue weighted by atomic mass is 16.4. The van der Waals surface area contributed by atoms with E-state index in [1.165, 1.54) is 19.3 Å². The first-order chi connectivity index (χ1) is 8.90. The molecule has 0 fully saturated rings. The highest BCUT2D eigenvalue weighted by Crippen LogP contribution is 2.21. The summed E-state index contributed by atoms with van der Waals surface area (Å²) >= 11 is 0. The van der Waals surface area contributed by atoms with E-state index in [1.807, 2.05) is 6.92 Å². The summed E-state index contributed by atoms with van der Waals surface area (Å²) < 4.78 is 5.07. The molecular weight excluding hydrogens is 248 g/mol. The first-order valence-corrected chi connectivity index (χ1v) is 5.90. The van der Waals surface area contributed by atoms with E-state index in [0.717, 1.165) is 12.0 Å². The third-order valence-corrected chi connectivity index (χ3v) is 2.80. The van der Waals surface area contributed by atoms with Gasteiger partial charge in [-0.3, -0.25) is 0 Å². The van der Waals surface area contributed by atoms with Gasteiger partial charge in [-0.25, -0.2) is 9.59 Å². The minimum absolute atomic E-state index is 0.157. The van der Waals surface area contributed by atoms with Gasteiger partial charge in [-0.05, 0) is 25.5 Å². The Bertz CT molecular complexity index is 467. The molecule has 19 heavy (non-hydrogen) atoms. The van der Waals surface area contributed by atoms with Crippen molar-refractivity contribution in [2.45, 2.75) is 25.8 Å². The molecule has 1 atom stereocenters. The lowest BCUT2D eigenvalue weighted by atomic mass is 9.99. The van der Waals surface area contributed by atoms with E-state index in [4.69, 9.17) is 4.42 Å². The first-order valence-electron chi connectivity index (χ1n) is 5.90. The Morgan fingerprint density at radius 1 is 1.53 bits per heavy atom. The number of urea groups is 1. The van der Waals surface area contributed by atoms with Crippen LogP contribution in [0.2, 0.25) is 0 Å². The molecule has 0 aliphatic carbocycles. The number of amides is 2. The molecular formula is C13H18N2O4. The molecule has 1 unspecified atom stereocenters. The Balaban J connectivity index is 2.72. The largest absolute Gasteiger partial charge is 0.479 e. The van der Waals surface area contributed by atoms with Gasteiger partial charge in [-0.1, -0.05) is 19.1 Å². The molecule has 0 radical (unpaired) electrons. The fourth-order valence-electron chi connectivity index (χ4n) is 1.39. The zero-order chi connectivity index (χ0) is 14.5. The van der Waals surface area contributed by atoms with Gasteiger partial charge in [0.15, 0.2) is 5.54 Å². The van der Waals surface area contributed by atoms with Crippen molar-refractivity contribution < 1.29 is 19.1 Å². The molecule has 1 heterocycles. The van der Waals surface area contributed by atoms with Gasteiger partial charge in [0.2, 0.25) is 0 Å². The summed E-state index contributed by atoms with van der Waals surface area (Å²) in [5.74, 6) is -1.05. The number of carbonyl (C=O) groups is 2. The van der Waals surface area contributed by atoms with Crippen LogP contribution in [0, 0.1) is 0 Å². The van der Waals surface area contributed by atoms with Crippen molar-refractivity contribution >= 4 is 12.0 Å². The molecule has 1 aromatic heterocycles. The van der Waals surface area contributed by atoms with Crippen LogP contribution in [0.1, 0.15) is 26.0 Å². The summed E-state index contributed by atoms with van der Waals surface area (Å²) in [6.07, 6.45) is 2.10. The van der Waals surface area contributed by atoms with E-state index in [1.54, 1.807) is 6.07 Å². The minimum Gasteiger partial charge on any atom is -0.479 e. The fourth-order valence-corrected chi connectivity index (χ4v) is 1.39.